The van der Waals surface area contributed by atoms with Gasteiger partial charge in [-0.25, -0.2) is 0 Å². The predicted octanol–water partition coefficient (Wildman–Crippen LogP) is 14.5. The lowest BCUT2D eigenvalue weighted by Gasteiger charge is -2.37. The molecule has 0 amide bonds. The fourth-order valence-corrected chi connectivity index (χ4v) is 9.17. The van der Waals surface area contributed by atoms with E-state index in [0.717, 1.165) is 102 Å². The average Bonchev–Trinajstić information content (AvgIpc) is 3.94. The summed E-state index contributed by atoms with van der Waals surface area (Å²) >= 11 is 0. The molecule has 0 radical (unpaired) electrons. The number of furan rings is 3. The number of nitrogens with zero attached hydrogens (tertiary/aromatic N) is 1. The topological polar surface area (TPSA) is 42.7 Å². The molecular weight excluding hydrogens is 687 g/mol. The van der Waals surface area contributed by atoms with Crippen molar-refractivity contribution in [1.29, 1.82) is 0 Å². The quantitative estimate of drug-likeness (QED) is 0.177. The second-order valence-corrected chi connectivity index (χ2v) is 15.1. The van der Waals surface area contributed by atoms with E-state index in [-0.39, 0.29) is 6.04 Å². The molecule has 0 saturated carbocycles. The van der Waals surface area contributed by atoms with E-state index in [9.17, 15) is 0 Å². The lowest BCUT2D eigenvalue weighted by atomic mass is 9.91. The first-order chi connectivity index (χ1) is 27.7. The summed E-state index contributed by atoms with van der Waals surface area (Å²) in [6.07, 6.45) is 14.4. The Kier molecular flexibility index (Phi) is 6.85. The van der Waals surface area contributed by atoms with E-state index in [4.69, 9.17) is 13.3 Å². The van der Waals surface area contributed by atoms with E-state index in [1.54, 1.807) is 0 Å². The number of fused-ring (bicyclic) bond motifs is 10. The summed E-state index contributed by atoms with van der Waals surface area (Å²) in [6.45, 7) is 0. The van der Waals surface area contributed by atoms with Crippen molar-refractivity contribution < 1.29 is 13.3 Å². The molecule has 1 atom stereocenters. The Morgan fingerprint density at radius 2 is 1.21 bits per heavy atom. The third-order valence-corrected chi connectivity index (χ3v) is 11.8. The summed E-state index contributed by atoms with van der Waals surface area (Å²) in [5.74, 6) is 0. The van der Waals surface area contributed by atoms with Crippen molar-refractivity contribution in [2.75, 3.05) is 4.90 Å². The first kappa shape index (κ1) is 31.3. The van der Waals surface area contributed by atoms with Crippen LogP contribution in [-0.2, 0) is 0 Å². The Balaban J connectivity index is 1.01. The van der Waals surface area contributed by atoms with Crippen molar-refractivity contribution in [1.82, 2.24) is 0 Å². The van der Waals surface area contributed by atoms with Crippen LogP contribution in [0.15, 0.2) is 189 Å². The van der Waals surface area contributed by atoms with Gasteiger partial charge in [0.2, 0.25) is 0 Å². The molecule has 3 aromatic heterocycles. The number of benzene rings is 7. The van der Waals surface area contributed by atoms with E-state index in [1.165, 1.54) is 27.6 Å². The Hall–Kier alpha value is -7.04. The fraction of sp³-hybridized carbons (Fsp3) is 0.0769. The minimum atomic E-state index is 0.0842. The minimum Gasteiger partial charge on any atom is -0.456 e. The molecule has 7 aromatic carbocycles. The lowest BCUT2D eigenvalue weighted by Crippen LogP contribution is -2.35. The van der Waals surface area contributed by atoms with Crippen LogP contribution in [0.2, 0.25) is 0 Å². The molecule has 1 unspecified atom stereocenters. The summed E-state index contributed by atoms with van der Waals surface area (Å²) < 4.78 is 19.4. The number of hydrogen-bond donors (Lipinski definition) is 0. The van der Waals surface area contributed by atoms with E-state index in [0.29, 0.717) is 0 Å². The maximum absolute atomic E-state index is 6.80. The van der Waals surface area contributed by atoms with Crippen molar-refractivity contribution in [2.45, 2.75) is 25.3 Å². The zero-order valence-electron chi connectivity index (χ0n) is 30.5. The van der Waals surface area contributed by atoms with Crippen molar-refractivity contribution in [2.24, 2.45) is 0 Å². The second kappa shape index (κ2) is 12.2. The Morgan fingerprint density at radius 1 is 0.518 bits per heavy atom. The molecule has 4 nitrogen and oxygen atoms in total. The molecule has 12 rings (SSSR count). The van der Waals surface area contributed by atoms with Crippen LogP contribution in [0.5, 0.6) is 0 Å². The van der Waals surface area contributed by atoms with Gasteiger partial charge in [-0.2, -0.15) is 0 Å². The van der Waals surface area contributed by atoms with Gasteiger partial charge in [0.05, 0.1) is 6.04 Å². The molecule has 56 heavy (non-hydrogen) atoms. The van der Waals surface area contributed by atoms with Gasteiger partial charge in [0.1, 0.15) is 33.5 Å². The van der Waals surface area contributed by atoms with Gasteiger partial charge in [-0.3, -0.25) is 0 Å². The maximum Gasteiger partial charge on any atom is 0.143 e. The van der Waals surface area contributed by atoms with Crippen LogP contribution in [0.1, 0.15) is 30.4 Å². The van der Waals surface area contributed by atoms with Crippen LogP contribution in [0.4, 0.5) is 5.69 Å². The van der Waals surface area contributed by atoms with Gasteiger partial charge in [-0.1, -0.05) is 115 Å². The number of para-hydroxylation sites is 3. The standard InChI is InChI=1S/C52H35NO3/c1-2-11-34-29-51-44(28-33(34)10-1)43-16-9-15-42(52(43)56-51)38-12-3-6-17-46(38)53(37-25-27-49-45(31-37)40-14-5-8-19-48(40)54-49)36-23-20-32(21-24-36)35-22-26-41-39-13-4-7-18-47(39)55-50(41)30-35/h1-5,7-16,18-23,25-31,36H,6,17,24H2. The molecule has 10 aromatic rings. The zero-order valence-corrected chi connectivity index (χ0v) is 30.5. The predicted molar refractivity (Wildman–Crippen MR) is 232 cm³/mol. The van der Waals surface area contributed by atoms with Crippen LogP contribution in [0, 0.1) is 0 Å². The smallest absolute Gasteiger partial charge is 0.143 e. The van der Waals surface area contributed by atoms with Gasteiger partial charge < -0.3 is 18.2 Å². The fourth-order valence-electron chi connectivity index (χ4n) is 9.17. The summed E-state index contributed by atoms with van der Waals surface area (Å²) in [4.78, 5) is 2.57. The third kappa shape index (κ3) is 4.85. The largest absolute Gasteiger partial charge is 0.456 e. The number of anilines is 1. The summed E-state index contributed by atoms with van der Waals surface area (Å²) in [5.41, 5.74) is 12.6. The molecule has 4 heteroatoms. The van der Waals surface area contributed by atoms with Crippen LogP contribution in [-0.4, -0.2) is 6.04 Å². The molecule has 0 fully saturated rings. The van der Waals surface area contributed by atoms with Crippen LogP contribution >= 0.6 is 0 Å². The molecule has 0 bridgehead atoms. The Bertz CT molecular complexity index is 3360. The second-order valence-electron chi connectivity index (χ2n) is 15.1. The Morgan fingerprint density at radius 3 is 2.05 bits per heavy atom. The highest BCUT2D eigenvalue weighted by Crippen LogP contribution is 2.43. The highest BCUT2D eigenvalue weighted by atomic mass is 16.3. The Labute approximate surface area is 322 Å². The monoisotopic (exact) mass is 721 g/mol. The number of allylic oxidation sites excluding steroid dienone is 6. The molecule has 0 spiro atoms. The highest BCUT2D eigenvalue weighted by Gasteiger charge is 2.28. The van der Waals surface area contributed by atoms with Crippen LogP contribution < -0.4 is 4.90 Å². The molecule has 0 N–H and O–H groups in total. The lowest BCUT2D eigenvalue weighted by molar-refractivity contribution is 0.667. The maximum atomic E-state index is 6.80. The average molecular weight is 722 g/mol. The van der Waals surface area contributed by atoms with E-state index < -0.39 is 0 Å². The van der Waals surface area contributed by atoms with Gasteiger partial charge in [0, 0.05) is 54.8 Å². The molecule has 266 valence electrons. The number of hydrogen-bond acceptors (Lipinski definition) is 4. The minimum absolute atomic E-state index is 0.0842. The van der Waals surface area contributed by atoms with Crippen molar-refractivity contribution in [3.8, 4) is 0 Å². The van der Waals surface area contributed by atoms with Crippen molar-refractivity contribution >= 4 is 93.4 Å². The molecule has 3 heterocycles. The van der Waals surface area contributed by atoms with Crippen LogP contribution in [0.3, 0.4) is 0 Å². The molecule has 0 aliphatic heterocycles. The van der Waals surface area contributed by atoms with E-state index in [1.807, 2.05) is 18.2 Å². The van der Waals surface area contributed by atoms with Gasteiger partial charge >= 0.3 is 0 Å². The first-order valence-electron chi connectivity index (χ1n) is 19.5. The summed E-state index contributed by atoms with van der Waals surface area (Å²) in [6, 6.07) is 49.5. The van der Waals surface area contributed by atoms with Crippen LogP contribution in [0.25, 0.3) is 87.7 Å². The molecule has 2 aliphatic rings. The van der Waals surface area contributed by atoms with Gasteiger partial charge in [-0.15, -0.1) is 0 Å². The SMILES string of the molecule is C1=CC(c2cccc3c2oc2cc4ccccc4cc23)=C(N(c2ccc3oc4ccccc4c3c2)C2C=CC(c3ccc4c(c3)oc3ccccc34)=CC2)CC1. The van der Waals surface area contributed by atoms with Crippen molar-refractivity contribution in [3.63, 3.8) is 0 Å². The summed E-state index contributed by atoms with van der Waals surface area (Å²) in [5, 5.41) is 9.23. The molecule has 2 aliphatic carbocycles. The first-order valence-corrected chi connectivity index (χ1v) is 19.5. The van der Waals surface area contributed by atoms with Gasteiger partial charge in [-0.05, 0) is 95.8 Å². The molecule has 0 saturated heterocycles. The van der Waals surface area contributed by atoms with Crippen molar-refractivity contribution in [3.05, 3.63) is 187 Å². The summed E-state index contributed by atoms with van der Waals surface area (Å²) in [7, 11) is 0. The number of rotatable bonds is 5. The van der Waals surface area contributed by atoms with Gasteiger partial charge in [0.25, 0.3) is 0 Å². The highest BCUT2D eigenvalue weighted by molar-refractivity contribution is 6.13. The third-order valence-electron chi connectivity index (χ3n) is 11.8. The zero-order chi connectivity index (χ0) is 36.7. The van der Waals surface area contributed by atoms with Gasteiger partial charge in [0.15, 0.2) is 0 Å². The normalized spacial score (nSPS) is 16.1. The van der Waals surface area contributed by atoms with E-state index >= 15 is 0 Å². The van der Waals surface area contributed by atoms with E-state index in [2.05, 4.69) is 157 Å². The molecular formula is C52H35NO3.